The van der Waals surface area contributed by atoms with Crippen molar-refractivity contribution in [1.82, 2.24) is 0 Å². The van der Waals surface area contributed by atoms with E-state index >= 15 is 0 Å². The molecule has 0 atom stereocenters. The highest BCUT2D eigenvalue weighted by molar-refractivity contribution is 5.68. The van der Waals surface area contributed by atoms with Gasteiger partial charge in [-0.15, -0.1) is 0 Å². The molecule has 0 saturated carbocycles. The number of aliphatic carboxylic acids is 1. The fourth-order valence-corrected chi connectivity index (χ4v) is 1.59. The van der Waals surface area contributed by atoms with Crippen LogP contribution in [0.1, 0.15) is 5.56 Å². The van der Waals surface area contributed by atoms with Crippen LogP contribution in [0.25, 0.3) is 0 Å². The van der Waals surface area contributed by atoms with Gasteiger partial charge in [-0.3, -0.25) is 0 Å². The molecule has 86 valence electrons. The molecule has 5 heteroatoms. The van der Waals surface area contributed by atoms with Gasteiger partial charge in [0.1, 0.15) is 18.0 Å². The van der Waals surface area contributed by atoms with Crippen molar-refractivity contribution in [2.75, 3.05) is 19.8 Å². The Kier molecular flexibility index (Phi) is 2.89. The molecule has 1 N–H and O–H groups in total. The topological polar surface area (TPSA) is 55.8 Å². The molecular formula is C11H11FO4. The van der Waals surface area contributed by atoms with Gasteiger partial charge >= 0.3 is 5.97 Å². The molecule has 0 spiro atoms. The number of carboxylic acid groups (broad SMARTS) is 1. The van der Waals surface area contributed by atoms with Gasteiger partial charge in [-0.25, -0.2) is 9.18 Å². The van der Waals surface area contributed by atoms with Crippen LogP contribution in [0.5, 0.6) is 0 Å². The van der Waals surface area contributed by atoms with E-state index in [9.17, 15) is 9.18 Å². The van der Waals surface area contributed by atoms with Gasteiger partial charge in [0.05, 0.1) is 13.2 Å². The molecule has 16 heavy (non-hydrogen) atoms. The average Bonchev–Trinajstić information content (AvgIpc) is 2.15. The fourth-order valence-electron chi connectivity index (χ4n) is 1.59. The minimum atomic E-state index is -1.05. The minimum Gasteiger partial charge on any atom is -0.480 e. The number of hydrogen-bond donors (Lipinski definition) is 1. The van der Waals surface area contributed by atoms with Gasteiger partial charge in [-0.05, 0) is 17.7 Å². The Morgan fingerprint density at radius 2 is 2.31 bits per heavy atom. The summed E-state index contributed by atoms with van der Waals surface area (Å²) >= 11 is 0. The Bertz CT molecular complexity index is 401. The van der Waals surface area contributed by atoms with E-state index in [-0.39, 0.29) is 19.0 Å². The van der Waals surface area contributed by atoms with Crippen LogP contribution in [0.4, 0.5) is 4.39 Å². The van der Waals surface area contributed by atoms with Gasteiger partial charge in [0.2, 0.25) is 0 Å². The second kappa shape index (κ2) is 4.19. The third kappa shape index (κ3) is 2.05. The highest BCUT2D eigenvalue weighted by Gasteiger charge is 2.42. The maximum absolute atomic E-state index is 13.0. The molecule has 0 aromatic heterocycles. The second-order valence-corrected chi connectivity index (χ2v) is 3.68. The molecule has 0 aliphatic carbocycles. The highest BCUT2D eigenvalue weighted by Crippen LogP contribution is 2.33. The van der Waals surface area contributed by atoms with Crippen LogP contribution < -0.4 is 0 Å². The zero-order chi connectivity index (χ0) is 11.6. The molecule has 1 saturated heterocycles. The average molecular weight is 226 g/mol. The summed E-state index contributed by atoms with van der Waals surface area (Å²) in [5, 5.41) is 8.56. The van der Waals surface area contributed by atoms with Crippen molar-refractivity contribution >= 4 is 5.97 Å². The summed E-state index contributed by atoms with van der Waals surface area (Å²) in [4.78, 5) is 10.4. The van der Waals surface area contributed by atoms with E-state index in [0.717, 1.165) is 0 Å². The molecule has 1 fully saturated rings. The number of halogens is 1. The lowest BCUT2D eigenvalue weighted by molar-refractivity contribution is -0.220. The zero-order valence-electron chi connectivity index (χ0n) is 8.48. The van der Waals surface area contributed by atoms with Crippen LogP contribution in [0.2, 0.25) is 0 Å². The van der Waals surface area contributed by atoms with E-state index in [2.05, 4.69) is 0 Å². The molecule has 1 aliphatic heterocycles. The zero-order valence-corrected chi connectivity index (χ0v) is 8.48. The van der Waals surface area contributed by atoms with Gasteiger partial charge in [0.15, 0.2) is 0 Å². The lowest BCUT2D eigenvalue weighted by Crippen LogP contribution is -2.49. The fraction of sp³-hybridized carbons (Fsp3) is 0.364. The first-order valence-corrected chi connectivity index (χ1v) is 4.82. The third-order valence-electron chi connectivity index (χ3n) is 2.49. The van der Waals surface area contributed by atoms with Crippen molar-refractivity contribution in [3.8, 4) is 0 Å². The van der Waals surface area contributed by atoms with Crippen LogP contribution in [0.3, 0.4) is 0 Å². The molecule has 0 bridgehead atoms. The molecule has 0 amide bonds. The molecule has 0 radical (unpaired) electrons. The quantitative estimate of drug-likeness (QED) is 0.836. The predicted molar refractivity (Wildman–Crippen MR) is 52.5 cm³/mol. The SMILES string of the molecule is O=C(O)COC1(c2cccc(F)c2)COC1. The van der Waals surface area contributed by atoms with Gasteiger partial charge in [-0.1, -0.05) is 12.1 Å². The van der Waals surface area contributed by atoms with Crippen molar-refractivity contribution in [2.24, 2.45) is 0 Å². The monoisotopic (exact) mass is 226 g/mol. The molecule has 2 rings (SSSR count). The van der Waals surface area contributed by atoms with Crippen LogP contribution in [0, 0.1) is 5.82 Å². The summed E-state index contributed by atoms with van der Waals surface area (Å²) in [6.45, 7) is 0.0906. The second-order valence-electron chi connectivity index (χ2n) is 3.68. The van der Waals surface area contributed by atoms with Crippen molar-refractivity contribution in [3.63, 3.8) is 0 Å². The Labute approximate surface area is 91.6 Å². The maximum Gasteiger partial charge on any atom is 0.329 e. The molecular weight excluding hydrogens is 215 g/mol. The number of carboxylic acids is 1. The van der Waals surface area contributed by atoms with Crippen LogP contribution >= 0.6 is 0 Å². The summed E-state index contributed by atoms with van der Waals surface area (Å²) < 4.78 is 23.3. The van der Waals surface area contributed by atoms with Crippen LogP contribution in [0.15, 0.2) is 24.3 Å². The summed E-state index contributed by atoms with van der Waals surface area (Å²) in [6, 6.07) is 5.93. The summed E-state index contributed by atoms with van der Waals surface area (Å²) in [7, 11) is 0. The first-order valence-electron chi connectivity index (χ1n) is 4.82. The Morgan fingerprint density at radius 1 is 1.56 bits per heavy atom. The van der Waals surface area contributed by atoms with Crippen LogP contribution in [-0.4, -0.2) is 30.9 Å². The third-order valence-corrected chi connectivity index (χ3v) is 2.49. The highest BCUT2D eigenvalue weighted by atomic mass is 19.1. The maximum atomic E-state index is 13.0. The number of hydrogen-bond acceptors (Lipinski definition) is 3. The van der Waals surface area contributed by atoms with E-state index in [1.54, 1.807) is 12.1 Å². The minimum absolute atomic E-state index is 0.254. The smallest absolute Gasteiger partial charge is 0.329 e. The largest absolute Gasteiger partial charge is 0.480 e. The number of carbonyl (C=O) groups is 1. The van der Waals surface area contributed by atoms with E-state index < -0.39 is 18.2 Å². The Hall–Kier alpha value is -1.46. The van der Waals surface area contributed by atoms with E-state index in [0.29, 0.717) is 5.56 Å². The van der Waals surface area contributed by atoms with Gasteiger partial charge in [0.25, 0.3) is 0 Å². The van der Waals surface area contributed by atoms with Crippen molar-refractivity contribution < 1.29 is 23.8 Å². The molecule has 1 aliphatic rings. The number of benzene rings is 1. The number of ether oxygens (including phenoxy) is 2. The summed E-state index contributed by atoms with van der Waals surface area (Å²) in [6.07, 6.45) is 0. The van der Waals surface area contributed by atoms with Crippen molar-refractivity contribution in [3.05, 3.63) is 35.6 Å². The Morgan fingerprint density at radius 3 is 2.81 bits per heavy atom. The van der Waals surface area contributed by atoms with Gasteiger partial charge in [0, 0.05) is 0 Å². The summed E-state index contributed by atoms with van der Waals surface area (Å²) in [5.74, 6) is -1.43. The first kappa shape index (κ1) is 11.0. The molecule has 1 aromatic rings. The lowest BCUT2D eigenvalue weighted by Gasteiger charge is -2.41. The Balaban J connectivity index is 2.17. The lowest BCUT2D eigenvalue weighted by atomic mass is 9.91. The molecule has 1 heterocycles. The van der Waals surface area contributed by atoms with Crippen molar-refractivity contribution in [2.45, 2.75) is 5.60 Å². The standard InChI is InChI=1S/C11H11FO4/c12-9-3-1-2-8(4-9)11(6-15-7-11)16-5-10(13)14/h1-4H,5-7H2,(H,13,14). The van der Waals surface area contributed by atoms with Gasteiger partial charge in [-0.2, -0.15) is 0 Å². The summed E-state index contributed by atoms with van der Waals surface area (Å²) in [5.41, 5.74) is -0.194. The predicted octanol–water partition coefficient (Wildman–Crippen LogP) is 1.15. The van der Waals surface area contributed by atoms with Gasteiger partial charge < -0.3 is 14.6 Å². The molecule has 1 aromatic carbocycles. The van der Waals surface area contributed by atoms with E-state index in [4.69, 9.17) is 14.6 Å². The van der Waals surface area contributed by atoms with E-state index in [1.165, 1.54) is 12.1 Å². The van der Waals surface area contributed by atoms with Crippen molar-refractivity contribution in [1.29, 1.82) is 0 Å². The normalized spacial score (nSPS) is 17.8. The van der Waals surface area contributed by atoms with Crippen LogP contribution in [-0.2, 0) is 19.9 Å². The molecule has 0 unspecified atom stereocenters. The number of rotatable bonds is 4. The first-order chi connectivity index (χ1) is 7.62. The molecule has 4 nitrogen and oxygen atoms in total. The van der Waals surface area contributed by atoms with E-state index in [1.807, 2.05) is 0 Å².